The standard InChI is InChI=1S/C20H21N3OS/c21-17-13-5-1-2-6-14(13)20(18(17)24)9-11-23(12-10-20)19-22-15-7-3-4-8-16(15)25-19/h1-8,17-18,24H,9-12,21H2/t17-,18+/m1/s1. The maximum absolute atomic E-state index is 10.9. The van der Waals surface area contributed by atoms with Crippen LogP contribution in [-0.2, 0) is 5.41 Å². The van der Waals surface area contributed by atoms with E-state index in [1.807, 2.05) is 12.1 Å². The molecule has 0 amide bonds. The Balaban J connectivity index is 1.44. The Morgan fingerprint density at radius 1 is 1.08 bits per heavy atom. The molecule has 1 fully saturated rings. The van der Waals surface area contributed by atoms with Gasteiger partial charge in [-0.15, -0.1) is 0 Å². The van der Waals surface area contributed by atoms with Crippen LogP contribution >= 0.6 is 11.3 Å². The van der Waals surface area contributed by atoms with Gasteiger partial charge in [-0.25, -0.2) is 4.98 Å². The molecule has 1 spiro atoms. The number of nitrogens with zero attached hydrogens (tertiary/aromatic N) is 2. The molecule has 2 atom stereocenters. The van der Waals surface area contributed by atoms with Crippen LogP contribution in [0.25, 0.3) is 10.2 Å². The molecule has 2 heterocycles. The van der Waals surface area contributed by atoms with E-state index in [0.29, 0.717) is 0 Å². The van der Waals surface area contributed by atoms with E-state index in [0.717, 1.165) is 42.1 Å². The smallest absolute Gasteiger partial charge is 0.186 e. The second kappa shape index (κ2) is 5.53. The number of hydrogen-bond donors (Lipinski definition) is 2. The fourth-order valence-electron chi connectivity index (χ4n) is 4.57. The van der Waals surface area contributed by atoms with Crippen LogP contribution in [0, 0.1) is 0 Å². The predicted octanol–water partition coefficient (Wildman–Crippen LogP) is 3.21. The van der Waals surface area contributed by atoms with Crippen LogP contribution in [0.2, 0.25) is 0 Å². The average molecular weight is 351 g/mol. The molecule has 25 heavy (non-hydrogen) atoms. The number of nitrogens with two attached hydrogens (primary N) is 1. The molecule has 0 radical (unpaired) electrons. The van der Waals surface area contributed by atoms with E-state index in [2.05, 4.69) is 41.3 Å². The van der Waals surface area contributed by atoms with Gasteiger partial charge < -0.3 is 15.7 Å². The third-order valence-electron chi connectivity index (χ3n) is 5.97. The summed E-state index contributed by atoms with van der Waals surface area (Å²) in [4.78, 5) is 7.14. The van der Waals surface area contributed by atoms with Crippen molar-refractivity contribution in [3.63, 3.8) is 0 Å². The first-order valence-electron chi connectivity index (χ1n) is 8.83. The third-order valence-corrected chi connectivity index (χ3v) is 7.07. The molecule has 2 aliphatic rings. The summed E-state index contributed by atoms with van der Waals surface area (Å²) in [6.07, 6.45) is 1.33. The summed E-state index contributed by atoms with van der Waals surface area (Å²) < 4.78 is 1.23. The van der Waals surface area contributed by atoms with Crippen molar-refractivity contribution < 1.29 is 5.11 Å². The van der Waals surface area contributed by atoms with E-state index in [9.17, 15) is 5.11 Å². The lowest BCUT2D eigenvalue weighted by atomic mass is 9.72. The number of fused-ring (bicyclic) bond motifs is 3. The molecule has 5 heteroatoms. The van der Waals surface area contributed by atoms with Gasteiger partial charge in [-0.1, -0.05) is 47.7 Å². The number of aliphatic hydroxyl groups is 1. The average Bonchev–Trinajstić information content (AvgIpc) is 3.18. The first-order valence-corrected chi connectivity index (χ1v) is 9.64. The lowest BCUT2D eigenvalue weighted by Gasteiger charge is -2.42. The third kappa shape index (κ3) is 2.16. The molecular formula is C20H21N3OS. The van der Waals surface area contributed by atoms with Crippen LogP contribution < -0.4 is 10.6 Å². The summed E-state index contributed by atoms with van der Waals surface area (Å²) in [7, 11) is 0. The maximum atomic E-state index is 10.9. The van der Waals surface area contributed by atoms with Crippen LogP contribution in [0.4, 0.5) is 5.13 Å². The summed E-state index contributed by atoms with van der Waals surface area (Å²) >= 11 is 1.75. The molecule has 0 unspecified atom stereocenters. The maximum Gasteiger partial charge on any atom is 0.186 e. The van der Waals surface area contributed by atoms with Gasteiger partial charge in [0.1, 0.15) is 0 Å². The predicted molar refractivity (Wildman–Crippen MR) is 102 cm³/mol. The quantitative estimate of drug-likeness (QED) is 0.707. The summed E-state index contributed by atoms with van der Waals surface area (Å²) in [6, 6.07) is 16.3. The van der Waals surface area contributed by atoms with Gasteiger partial charge in [-0.2, -0.15) is 0 Å². The van der Waals surface area contributed by atoms with E-state index in [1.54, 1.807) is 11.3 Å². The van der Waals surface area contributed by atoms with Crippen molar-refractivity contribution in [1.82, 2.24) is 4.98 Å². The zero-order chi connectivity index (χ0) is 17.0. The number of aliphatic hydroxyl groups excluding tert-OH is 1. The number of hydrogen-bond acceptors (Lipinski definition) is 5. The normalized spacial score (nSPS) is 24.8. The lowest BCUT2D eigenvalue weighted by Crippen LogP contribution is -2.48. The molecule has 1 aliphatic carbocycles. The van der Waals surface area contributed by atoms with Crippen molar-refractivity contribution in [1.29, 1.82) is 0 Å². The van der Waals surface area contributed by atoms with Crippen LogP contribution in [0.15, 0.2) is 48.5 Å². The Kier molecular flexibility index (Phi) is 3.39. The zero-order valence-electron chi connectivity index (χ0n) is 13.9. The Morgan fingerprint density at radius 3 is 2.60 bits per heavy atom. The van der Waals surface area contributed by atoms with Gasteiger partial charge in [-0.3, -0.25) is 0 Å². The van der Waals surface area contributed by atoms with E-state index < -0.39 is 6.10 Å². The van der Waals surface area contributed by atoms with Crippen LogP contribution in [0.5, 0.6) is 0 Å². The minimum Gasteiger partial charge on any atom is -0.390 e. The van der Waals surface area contributed by atoms with E-state index in [4.69, 9.17) is 10.7 Å². The van der Waals surface area contributed by atoms with Crippen molar-refractivity contribution in [2.45, 2.75) is 30.4 Å². The number of para-hydroxylation sites is 1. The summed E-state index contributed by atoms with van der Waals surface area (Å²) in [5.74, 6) is 0. The topological polar surface area (TPSA) is 62.4 Å². The fourth-order valence-corrected chi connectivity index (χ4v) is 5.59. The van der Waals surface area contributed by atoms with Crippen LogP contribution in [0.1, 0.15) is 30.0 Å². The highest BCUT2D eigenvalue weighted by Crippen LogP contribution is 2.50. The first kappa shape index (κ1) is 15.3. The SMILES string of the molecule is N[C@@H]1c2ccccc2C2(CCN(c3nc4ccccc4s3)CC2)[C@H]1O. The van der Waals surface area contributed by atoms with E-state index in [1.165, 1.54) is 10.3 Å². The highest BCUT2D eigenvalue weighted by Gasteiger charge is 2.51. The molecule has 128 valence electrons. The van der Waals surface area contributed by atoms with Crippen molar-refractivity contribution in [2.75, 3.05) is 18.0 Å². The van der Waals surface area contributed by atoms with Crippen molar-refractivity contribution in [3.05, 3.63) is 59.7 Å². The van der Waals surface area contributed by atoms with Gasteiger partial charge in [0.2, 0.25) is 0 Å². The largest absolute Gasteiger partial charge is 0.390 e. The number of aromatic nitrogens is 1. The molecule has 3 N–H and O–H groups in total. The minimum atomic E-state index is -0.498. The molecule has 3 aromatic rings. The Hall–Kier alpha value is -1.95. The van der Waals surface area contributed by atoms with Gasteiger partial charge in [0, 0.05) is 18.5 Å². The molecule has 2 aromatic carbocycles. The molecule has 1 aromatic heterocycles. The second-order valence-electron chi connectivity index (χ2n) is 7.17. The molecule has 0 saturated carbocycles. The number of anilines is 1. The number of benzene rings is 2. The molecule has 0 bridgehead atoms. The highest BCUT2D eigenvalue weighted by atomic mass is 32.1. The van der Waals surface area contributed by atoms with Gasteiger partial charge in [0.15, 0.2) is 5.13 Å². The number of rotatable bonds is 1. The Labute approximate surface area is 150 Å². The molecular weight excluding hydrogens is 330 g/mol. The fraction of sp³-hybridized carbons (Fsp3) is 0.350. The van der Waals surface area contributed by atoms with Gasteiger partial charge >= 0.3 is 0 Å². The van der Waals surface area contributed by atoms with Gasteiger partial charge in [0.05, 0.1) is 22.4 Å². The summed E-state index contributed by atoms with van der Waals surface area (Å²) in [5, 5.41) is 12.0. The molecule has 4 nitrogen and oxygen atoms in total. The first-order chi connectivity index (χ1) is 12.2. The lowest BCUT2D eigenvalue weighted by molar-refractivity contribution is 0.0583. The Bertz CT molecular complexity index is 896. The second-order valence-corrected chi connectivity index (χ2v) is 8.17. The number of piperidine rings is 1. The van der Waals surface area contributed by atoms with Gasteiger partial charge in [0.25, 0.3) is 0 Å². The van der Waals surface area contributed by atoms with E-state index in [-0.39, 0.29) is 11.5 Å². The highest BCUT2D eigenvalue weighted by molar-refractivity contribution is 7.22. The molecule has 5 rings (SSSR count). The zero-order valence-corrected chi connectivity index (χ0v) is 14.7. The Morgan fingerprint density at radius 2 is 1.80 bits per heavy atom. The van der Waals surface area contributed by atoms with Crippen molar-refractivity contribution >= 4 is 26.7 Å². The molecule has 1 aliphatic heterocycles. The number of thiazole rings is 1. The van der Waals surface area contributed by atoms with Crippen molar-refractivity contribution in [2.24, 2.45) is 5.73 Å². The summed E-state index contributed by atoms with van der Waals surface area (Å²) in [6.45, 7) is 1.80. The van der Waals surface area contributed by atoms with Gasteiger partial charge in [-0.05, 0) is 36.1 Å². The van der Waals surface area contributed by atoms with E-state index >= 15 is 0 Å². The van der Waals surface area contributed by atoms with Crippen LogP contribution in [0.3, 0.4) is 0 Å². The molecule has 1 saturated heterocycles. The van der Waals surface area contributed by atoms with Crippen molar-refractivity contribution in [3.8, 4) is 0 Å². The monoisotopic (exact) mass is 351 g/mol. The van der Waals surface area contributed by atoms with Crippen LogP contribution in [-0.4, -0.2) is 29.3 Å². The summed E-state index contributed by atoms with van der Waals surface area (Å²) in [5.41, 5.74) is 9.54. The minimum absolute atomic E-state index is 0.205.